The molecular weight excluding hydrogens is 387 g/mol. The number of nitrogens with zero attached hydrogens (tertiary/aromatic N) is 1. The van der Waals surface area contributed by atoms with Gasteiger partial charge < -0.3 is 20.0 Å². The number of nitrogens with one attached hydrogen (secondary N) is 3. The van der Waals surface area contributed by atoms with Gasteiger partial charge >= 0.3 is 0 Å². The molecule has 2 aromatic heterocycles. The number of hydrogen-bond donors (Lipinski definition) is 3. The van der Waals surface area contributed by atoms with Crippen LogP contribution in [0, 0.1) is 5.82 Å². The van der Waals surface area contributed by atoms with Crippen LogP contribution >= 0.6 is 0 Å². The van der Waals surface area contributed by atoms with Crippen molar-refractivity contribution in [1.82, 2.24) is 15.3 Å². The molecule has 0 aliphatic heterocycles. The molecule has 2 amide bonds. The van der Waals surface area contributed by atoms with Crippen molar-refractivity contribution >= 4 is 28.5 Å². The Balaban J connectivity index is 1.34. The maximum Gasteiger partial charge on any atom is 0.254 e. The average molecular weight is 406 g/mol. The molecule has 152 valence electrons. The van der Waals surface area contributed by atoms with Gasteiger partial charge in [-0.1, -0.05) is 18.2 Å². The van der Waals surface area contributed by atoms with Crippen molar-refractivity contribution in [2.75, 3.05) is 11.9 Å². The maximum atomic E-state index is 13.8. The topological polar surface area (TPSA) is 100 Å². The smallest absolute Gasteiger partial charge is 0.254 e. The van der Waals surface area contributed by atoms with Crippen LogP contribution in [0.2, 0.25) is 0 Å². The highest BCUT2D eigenvalue weighted by Crippen LogP contribution is 2.19. The van der Waals surface area contributed by atoms with E-state index < -0.39 is 0 Å². The standard InChI is InChI=1S/C22H19FN4O3/c23-17-4-2-1-3-14(17)11-20-26-18-6-5-16(12-19(18)27-20)25-21(28)7-9-24-22(29)15-8-10-30-13-15/h1-6,8,10,12-13H,7,9,11H2,(H,24,29)(H,25,28)(H,26,27). The third-order valence-electron chi connectivity index (χ3n) is 4.55. The van der Waals surface area contributed by atoms with Crippen LogP contribution in [0.4, 0.5) is 10.1 Å². The molecule has 0 saturated carbocycles. The van der Waals surface area contributed by atoms with Gasteiger partial charge in [-0.25, -0.2) is 9.37 Å². The van der Waals surface area contributed by atoms with E-state index in [-0.39, 0.29) is 30.6 Å². The first-order valence-electron chi connectivity index (χ1n) is 9.41. The van der Waals surface area contributed by atoms with Crippen LogP contribution < -0.4 is 10.6 Å². The molecule has 3 N–H and O–H groups in total. The fourth-order valence-corrected chi connectivity index (χ4v) is 3.05. The molecule has 30 heavy (non-hydrogen) atoms. The summed E-state index contributed by atoms with van der Waals surface area (Å²) in [5.41, 5.74) is 3.04. The van der Waals surface area contributed by atoms with Crippen LogP contribution in [0.5, 0.6) is 0 Å². The molecule has 0 atom stereocenters. The number of anilines is 1. The molecule has 2 heterocycles. The quantitative estimate of drug-likeness (QED) is 0.436. The Labute approximate surface area is 171 Å². The number of amides is 2. The molecule has 2 aromatic carbocycles. The van der Waals surface area contributed by atoms with E-state index in [0.717, 1.165) is 11.0 Å². The van der Waals surface area contributed by atoms with Crippen LogP contribution in [0.3, 0.4) is 0 Å². The summed E-state index contributed by atoms with van der Waals surface area (Å²) in [6, 6.07) is 13.4. The minimum atomic E-state index is -0.294. The average Bonchev–Trinajstić information content (AvgIpc) is 3.39. The van der Waals surface area contributed by atoms with Crippen molar-refractivity contribution < 1.29 is 18.4 Å². The van der Waals surface area contributed by atoms with Gasteiger partial charge in [0, 0.05) is 25.1 Å². The van der Waals surface area contributed by atoms with Crippen molar-refractivity contribution in [2.45, 2.75) is 12.8 Å². The molecule has 0 bridgehead atoms. The first kappa shape index (κ1) is 19.4. The minimum Gasteiger partial charge on any atom is -0.472 e. The van der Waals surface area contributed by atoms with Crippen molar-refractivity contribution in [3.05, 3.63) is 83.8 Å². The van der Waals surface area contributed by atoms with E-state index in [1.165, 1.54) is 18.6 Å². The number of imidazole rings is 1. The van der Waals surface area contributed by atoms with E-state index in [9.17, 15) is 14.0 Å². The van der Waals surface area contributed by atoms with E-state index in [4.69, 9.17) is 4.42 Å². The summed E-state index contributed by atoms with van der Waals surface area (Å²) in [6.45, 7) is 0.203. The molecule has 0 aliphatic carbocycles. The van der Waals surface area contributed by atoms with Gasteiger partial charge in [0.2, 0.25) is 5.91 Å². The molecular formula is C22H19FN4O3. The number of H-pyrrole nitrogens is 1. The Morgan fingerprint density at radius 2 is 2.00 bits per heavy atom. The third kappa shape index (κ3) is 4.54. The number of furan rings is 1. The van der Waals surface area contributed by atoms with Gasteiger partial charge in [-0.3, -0.25) is 9.59 Å². The molecule has 0 unspecified atom stereocenters. The lowest BCUT2D eigenvalue weighted by molar-refractivity contribution is -0.116. The highest BCUT2D eigenvalue weighted by Gasteiger charge is 2.10. The first-order chi connectivity index (χ1) is 14.6. The Morgan fingerprint density at radius 3 is 2.80 bits per heavy atom. The summed E-state index contributed by atoms with van der Waals surface area (Å²) in [4.78, 5) is 31.6. The molecule has 0 spiro atoms. The summed E-state index contributed by atoms with van der Waals surface area (Å²) >= 11 is 0. The van der Waals surface area contributed by atoms with E-state index in [0.29, 0.717) is 29.1 Å². The van der Waals surface area contributed by atoms with E-state index in [2.05, 4.69) is 20.6 Å². The van der Waals surface area contributed by atoms with Crippen molar-refractivity contribution in [3.63, 3.8) is 0 Å². The van der Waals surface area contributed by atoms with Crippen molar-refractivity contribution in [3.8, 4) is 0 Å². The molecule has 0 radical (unpaired) electrons. The van der Waals surface area contributed by atoms with Gasteiger partial charge in [0.15, 0.2) is 0 Å². The summed E-state index contributed by atoms with van der Waals surface area (Å²) in [5.74, 6) is -0.156. The predicted octanol–water partition coefficient (Wildman–Crippen LogP) is 3.64. The second-order valence-electron chi connectivity index (χ2n) is 6.75. The van der Waals surface area contributed by atoms with E-state index in [1.807, 2.05) is 0 Å². The number of rotatable bonds is 7. The third-order valence-corrected chi connectivity index (χ3v) is 4.55. The lowest BCUT2D eigenvalue weighted by atomic mass is 10.1. The molecule has 4 aromatic rings. The second-order valence-corrected chi connectivity index (χ2v) is 6.75. The number of fused-ring (bicyclic) bond motifs is 1. The van der Waals surface area contributed by atoms with Gasteiger partial charge in [0.1, 0.15) is 17.9 Å². The zero-order valence-corrected chi connectivity index (χ0v) is 15.9. The Kier molecular flexibility index (Phi) is 5.56. The number of benzene rings is 2. The lowest BCUT2D eigenvalue weighted by Gasteiger charge is -2.06. The highest BCUT2D eigenvalue weighted by atomic mass is 19.1. The van der Waals surface area contributed by atoms with Crippen LogP contribution in [-0.4, -0.2) is 28.3 Å². The van der Waals surface area contributed by atoms with Gasteiger partial charge in [-0.05, 0) is 35.9 Å². The normalized spacial score (nSPS) is 10.8. The SMILES string of the molecule is O=C(CCNC(=O)c1ccoc1)Nc1ccc2nc(Cc3ccccc3F)[nH]c2c1. The lowest BCUT2D eigenvalue weighted by Crippen LogP contribution is -2.27. The Morgan fingerprint density at radius 1 is 1.13 bits per heavy atom. The Bertz CT molecular complexity index is 1180. The summed E-state index contributed by atoms with van der Waals surface area (Å²) in [7, 11) is 0. The first-order valence-corrected chi connectivity index (χ1v) is 9.41. The summed E-state index contributed by atoms with van der Waals surface area (Å²) in [5, 5.41) is 5.45. The molecule has 4 rings (SSSR count). The van der Waals surface area contributed by atoms with Crippen molar-refractivity contribution in [1.29, 1.82) is 0 Å². The monoisotopic (exact) mass is 406 g/mol. The van der Waals surface area contributed by atoms with E-state index >= 15 is 0 Å². The zero-order chi connectivity index (χ0) is 20.9. The van der Waals surface area contributed by atoms with Crippen LogP contribution in [-0.2, 0) is 11.2 Å². The maximum absolute atomic E-state index is 13.8. The number of hydrogen-bond acceptors (Lipinski definition) is 4. The molecule has 0 fully saturated rings. The number of aromatic nitrogens is 2. The van der Waals surface area contributed by atoms with Gasteiger partial charge in [-0.2, -0.15) is 0 Å². The molecule has 0 saturated heterocycles. The number of carbonyl (C=O) groups is 2. The number of carbonyl (C=O) groups excluding carboxylic acids is 2. The highest BCUT2D eigenvalue weighted by molar-refractivity contribution is 5.95. The number of aromatic amines is 1. The fraction of sp³-hybridized carbons (Fsp3) is 0.136. The molecule has 7 nitrogen and oxygen atoms in total. The van der Waals surface area contributed by atoms with E-state index in [1.54, 1.807) is 42.5 Å². The van der Waals surface area contributed by atoms with Gasteiger partial charge in [-0.15, -0.1) is 0 Å². The second kappa shape index (κ2) is 8.60. The van der Waals surface area contributed by atoms with Gasteiger partial charge in [0.25, 0.3) is 5.91 Å². The van der Waals surface area contributed by atoms with Crippen LogP contribution in [0.25, 0.3) is 11.0 Å². The zero-order valence-electron chi connectivity index (χ0n) is 15.9. The largest absolute Gasteiger partial charge is 0.472 e. The van der Waals surface area contributed by atoms with Crippen LogP contribution in [0.1, 0.15) is 28.2 Å². The van der Waals surface area contributed by atoms with Crippen molar-refractivity contribution in [2.24, 2.45) is 0 Å². The molecule has 8 heteroatoms. The molecule has 0 aliphatic rings. The Hall–Kier alpha value is -3.94. The number of halogens is 1. The summed E-state index contributed by atoms with van der Waals surface area (Å²) in [6.07, 6.45) is 3.23. The predicted molar refractivity (Wildman–Crippen MR) is 110 cm³/mol. The van der Waals surface area contributed by atoms with Crippen LogP contribution in [0.15, 0.2) is 65.5 Å². The summed E-state index contributed by atoms with van der Waals surface area (Å²) < 4.78 is 18.7. The van der Waals surface area contributed by atoms with Gasteiger partial charge in [0.05, 0.1) is 22.9 Å². The minimum absolute atomic E-state index is 0.128. The fourth-order valence-electron chi connectivity index (χ4n) is 3.05.